The standard InChI is InChI=1S/C87H159N11O30/c1-60(99)34-35-74(108)125-62-51-61(53-109-2)98(52-62)73(107)33-19-17-15-13-12-14-16-18-32-72(106)97-87(57-119-48-36-69(103)94-42-26-39-91-66(100)29-20-23-45-122-84-75(88)81(116-9)78(113-6)63(126-84)54-110-3,58-120-49-37-70(104)95-43-27-40-92-67(101)30-21-24-46-123-85-76(89)82(117-10)79(114-7)64(127-85)55-111-4)59-121-50-38-71(105)96-44-28-41-93-68(102)31-22-25-47-124-86-77(90)83(118-11)80(115-8)65(128-86)56-112-5/h61-65,75-86H,12-59,88-90H2,1-11H3,(H,91,100)(H,92,101)(H,93,102)(H,94,103)(H,95,104)(H,96,105)(H,97,106)/t61-,62+,63?,64?,65?,75?,76?,77?,78?,79?,80?,81?,82?,83?,84?,85?,86?,87?/m0/s1. The maximum Gasteiger partial charge on any atom is 0.306 e. The smallest absolute Gasteiger partial charge is 0.306 e. The van der Waals surface area contributed by atoms with Crippen molar-refractivity contribution >= 4 is 59.0 Å². The summed E-state index contributed by atoms with van der Waals surface area (Å²) in [5.74, 6) is -2.34. The number of amides is 8. The minimum atomic E-state index is -1.39. The van der Waals surface area contributed by atoms with Gasteiger partial charge >= 0.3 is 5.97 Å². The number of hydrogen-bond donors (Lipinski definition) is 10. The zero-order valence-corrected chi connectivity index (χ0v) is 78.2. The molecule has 0 aliphatic carbocycles. The fourth-order valence-electron chi connectivity index (χ4n) is 15.6. The molecule has 8 amide bonds. The van der Waals surface area contributed by atoms with Gasteiger partial charge in [-0.05, 0) is 77.6 Å². The Kier molecular flexibility index (Phi) is 61.6. The molecule has 41 heteroatoms. The molecule has 0 spiro atoms. The number of rotatable bonds is 75. The predicted octanol–water partition coefficient (Wildman–Crippen LogP) is 1.10. The summed E-state index contributed by atoms with van der Waals surface area (Å²) in [5, 5.41) is 20.4. The predicted molar refractivity (Wildman–Crippen MR) is 467 cm³/mol. The van der Waals surface area contributed by atoms with Crippen LogP contribution >= 0.6 is 0 Å². The van der Waals surface area contributed by atoms with Gasteiger partial charge in [0.25, 0.3) is 0 Å². The van der Waals surface area contributed by atoms with Gasteiger partial charge < -0.3 is 159 Å². The van der Waals surface area contributed by atoms with Crippen LogP contribution in [-0.4, -0.2) is 376 Å². The second-order valence-corrected chi connectivity index (χ2v) is 32.8. The molecule has 0 aromatic heterocycles. The number of likely N-dealkylation sites (tertiary alicyclic amines) is 1. The molecule has 0 aromatic rings. The number of nitrogens with two attached hydrogens (primary N) is 3. The minimum absolute atomic E-state index is 0.000457. The van der Waals surface area contributed by atoms with E-state index in [2.05, 4.69) is 37.2 Å². The molecule has 0 radical (unpaired) electrons. The van der Waals surface area contributed by atoms with Crippen molar-refractivity contribution in [2.45, 2.75) is 296 Å². The Labute approximate surface area is 757 Å². The number of Topliss-reactive ketones (excluding diaryl/α,β-unsaturated/α-hetero) is 1. The first-order valence-electron chi connectivity index (χ1n) is 45.7. The molecule has 4 rings (SSSR count). The molecule has 15 unspecified atom stereocenters. The number of nitrogens with zero attached hydrogens (tertiary/aromatic N) is 1. The van der Waals surface area contributed by atoms with E-state index in [9.17, 15) is 47.9 Å². The van der Waals surface area contributed by atoms with Crippen molar-refractivity contribution in [3.63, 3.8) is 0 Å². The minimum Gasteiger partial charge on any atom is -0.460 e. The Morgan fingerprint density at radius 2 is 0.648 bits per heavy atom. The average Bonchev–Trinajstić information content (AvgIpc) is 1.00. The van der Waals surface area contributed by atoms with Gasteiger partial charge in [0.2, 0.25) is 47.3 Å². The number of ether oxygens (including phenoxy) is 20. The van der Waals surface area contributed by atoms with E-state index in [-0.39, 0.29) is 203 Å². The van der Waals surface area contributed by atoms with E-state index in [1.807, 2.05) is 0 Å². The number of hydrogen-bond acceptors (Lipinski definition) is 33. The highest BCUT2D eigenvalue weighted by molar-refractivity contribution is 5.82. The summed E-state index contributed by atoms with van der Waals surface area (Å²) in [5.41, 5.74) is 17.9. The molecule has 0 bridgehead atoms. The third-order valence-corrected chi connectivity index (χ3v) is 22.5. The van der Waals surface area contributed by atoms with Crippen LogP contribution in [0.4, 0.5) is 0 Å². The van der Waals surface area contributed by atoms with Gasteiger partial charge in [-0.15, -0.1) is 0 Å². The zero-order valence-electron chi connectivity index (χ0n) is 78.2. The van der Waals surface area contributed by atoms with E-state index < -0.39 is 110 Å². The van der Waals surface area contributed by atoms with Crippen molar-refractivity contribution in [3.8, 4) is 0 Å². The molecule has 742 valence electrons. The van der Waals surface area contributed by atoms with Crippen LogP contribution in [0.1, 0.15) is 187 Å². The molecule has 4 fully saturated rings. The summed E-state index contributed by atoms with van der Waals surface area (Å²) in [6.07, 6.45) is 5.87. The first-order chi connectivity index (χ1) is 61.9. The molecular formula is C87H159N11O30. The van der Waals surface area contributed by atoms with Crippen molar-refractivity contribution in [1.82, 2.24) is 42.1 Å². The SMILES string of the molecule is COCC1OC(OCCCCC(=O)NCCCNC(=O)CCOCC(COCCC(=O)NCCCNC(=O)CCCCOC2OC(COC)C(OC)C(OC)C2N)(COCCC(=O)NCCCNC(=O)CCCCOC2OC(COC)C(OC)C(OC)C2N)NC(=O)CCCCCCCCCCC(=O)N2C[C@H](OC(=O)CCC(C)=O)C[C@H]2COC)C(N)C(OC)C1OC. The molecule has 4 aliphatic heterocycles. The maximum atomic E-state index is 14.2. The Hall–Kier alpha value is -5.98. The number of methoxy groups -OCH3 is 10. The van der Waals surface area contributed by atoms with Crippen LogP contribution in [0.2, 0.25) is 0 Å². The first-order valence-corrected chi connectivity index (χ1v) is 45.7. The topological polar surface area (TPSA) is 521 Å². The zero-order chi connectivity index (χ0) is 93.7. The maximum absolute atomic E-state index is 14.2. The summed E-state index contributed by atoms with van der Waals surface area (Å²) in [4.78, 5) is 131. The van der Waals surface area contributed by atoms with Crippen LogP contribution in [0, 0.1) is 0 Å². The molecule has 41 nitrogen and oxygen atoms in total. The Morgan fingerprint density at radius 1 is 0.344 bits per heavy atom. The number of carbonyl (C=O) groups is 10. The molecule has 13 N–H and O–H groups in total. The van der Waals surface area contributed by atoms with E-state index >= 15 is 0 Å². The molecule has 0 aromatic carbocycles. The van der Waals surface area contributed by atoms with Gasteiger partial charge in [0, 0.05) is 194 Å². The largest absolute Gasteiger partial charge is 0.460 e. The van der Waals surface area contributed by atoms with E-state index in [0.717, 1.165) is 38.5 Å². The van der Waals surface area contributed by atoms with Crippen LogP contribution < -0.4 is 54.4 Å². The monoisotopic (exact) mass is 1840 g/mol. The average molecular weight is 1840 g/mol. The summed E-state index contributed by atoms with van der Waals surface area (Å²) >= 11 is 0. The quantitative estimate of drug-likeness (QED) is 0.0301. The van der Waals surface area contributed by atoms with E-state index in [4.69, 9.17) is 112 Å². The Morgan fingerprint density at radius 3 is 0.969 bits per heavy atom. The number of unbranched alkanes of at least 4 members (excludes halogenated alkanes) is 10. The van der Waals surface area contributed by atoms with Gasteiger partial charge in [-0.2, -0.15) is 0 Å². The summed E-state index contributed by atoms with van der Waals surface area (Å²) in [6, 6.07) is -2.05. The van der Waals surface area contributed by atoms with Crippen molar-refractivity contribution in [2.24, 2.45) is 17.2 Å². The Balaban J connectivity index is 1.32. The normalized spacial score (nSPS) is 24.5. The van der Waals surface area contributed by atoms with Gasteiger partial charge in [0.1, 0.15) is 72.4 Å². The third kappa shape index (κ3) is 45.6. The molecule has 128 heavy (non-hydrogen) atoms. The van der Waals surface area contributed by atoms with Crippen LogP contribution in [0.15, 0.2) is 0 Å². The van der Waals surface area contributed by atoms with Crippen LogP contribution in [0.3, 0.4) is 0 Å². The van der Waals surface area contributed by atoms with Crippen molar-refractivity contribution in [3.05, 3.63) is 0 Å². The summed E-state index contributed by atoms with van der Waals surface area (Å²) in [7, 11) is 15.6. The van der Waals surface area contributed by atoms with Gasteiger partial charge in [-0.3, -0.25) is 43.2 Å². The third-order valence-electron chi connectivity index (χ3n) is 22.5. The van der Waals surface area contributed by atoms with E-state index in [1.54, 1.807) is 76.0 Å². The lowest BCUT2D eigenvalue weighted by Crippen LogP contribution is -2.63. The van der Waals surface area contributed by atoms with Crippen LogP contribution in [-0.2, 0) is 143 Å². The fraction of sp³-hybridized carbons (Fsp3) is 0.885. The number of ketones is 1. The lowest BCUT2D eigenvalue weighted by Gasteiger charge is -2.43. The van der Waals surface area contributed by atoms with Crippen molar-refractivity contribution in [1.29, 1.82) is 0 Å². The highest BCUT2D eigenvalue weighted by atomic mass is 16.7. The van der Waals surface area contributed by atoms with Crippen LogP contribution in [0.25, 0.3) is 0 Å². The van der Waals surface area contributed by atoms with E-state index in [0.29, 0.717) is 130 Å². The number of carbonyl (C=O) groups excluding carboxylic acids is 10. The van der Waals surface area contributed by atoms with Gasteiger partial charge in [0.15, 0.2) is 18.9 Å². The number of esters is 1. The second kappa shape index (κ2) is 68.9. The van der Waals surface area contributed by atoms with Crippen LogP contribution in [0.5, 0.6) is 0 Å². The van der Waals surface area contributed by atoms with Gasteiger partial charge in [0.05, 0.1) is 103 Å². The Bertz CT molecular complexity index is 2850. The van der Waals surface area contributed by atoms with Gasteiger partial charge in [-0.25, -0.2) is 0 Å². The van der Waals surface area contributed by atoms with E-state index in [1.165, 1.54) is 6.92 Å². The summed E-state index contributed by atoms with van der Waals surface area (Å²) in [6.45, 7) is 4.58. The molecule has 4 heterocycles. The lowest BCUT2D eigenvalue weighted by atomic mass is 9.97. The molecular weight excluding hydrogens is 1680 g/mol. The van der Waals surface area contributed by atoms with Crippen molar-refractivity contribution in [2.75, 3.05) is 203 Å². The molecule has 17 atom stereocenters. The fourth-order valence-corrected chi connectivity index (χ4v) is 15.6. The molecule has 4 saturated heterocycles. The second-order valence-electron chi connectivity index (χ2n) is 32.8. The molecule has 0 saturated carbocycles. The highest BCUT2D eigenvalue weighted by Gasteiger charge is 2.49. The van der Waals surface area contributed by atoms with Crippen molar-refractivity contribution < 1.29 is 143 Å². The molecule has 4 aliphatic rings. The first kappa shape index (κ1) is 114. The highest BCUT2D eigenvalue weighted by Crippen LogP contribution is 2.30. The van der Waals surface area contributed by atoms with Gasteiger partial charge in [-0.1, -0.05) is 38.5 Å². The summed E-state index contributed by atoms with van der Waals surface area (Å²) < 4.78 is 115. The number of nitrogens with one attached hydrogen (secondary N) is 7. The lowest BCUT2D eigenvalue weighted by molar-refractivity contribution is -0.275.